The van der Waals surface area contributed by atoms with Gasteiger partial charge in [-0.25, -0.2) is 19.7 Å². The molecule has 36 heavy (non-hydrogen) atoms. The van der Waals surface area contributed by atoms with Gasteiger partial charge in [0.15, 0.2) is 35.1 Å². The van der Waals surface area contributed by atoms with Crippen molar-refractivity contribution in [2.24, 2.45) is 0 Å². The number of hydrogen-bond donors (Lipinski definition) is 6. The third-order valence-corrected chi connectivity index (χ3v) is 6.40. The highest BCUT2D eigenvalue weighted by Crippen LogP contribution is 2.32. The number of nitrogens with zero attached hydrogens (tertiary/aromatic N) is 5. The lowest BCUT2D eigenvalue weighted by Crippen LogP contribution is -2.42. The summed E-state index contributed by atoms with van der Waals surface area (Å²) in [5, 5.41) is 32.1. The average molecular weight is 506 g/mol. The van der Waals surface area contributed by atoms with Crippen molar-refractivity contribution >= 4 is 28.9 Å². The highest BCUT2D eigenvalue weighted by Gasteiger charge is 2.47. The molecule has 2 saturated heterocycles. The highest BCUT2D eigenvalue weighted by atomic mass is 16.6. The molecule has 14 heteroatoms. The van der Waals surface area contributed by atoms with Gasteiger partial charge < -0.3 is 41.1 Å². The molecule has 0 spiro atoms. The van der Waals surface area contributed by atoms with Crippen LogP contribution in [0.5, 0.6) is 0 Å². The summed E-state index contributed by atoms with van der Waals surface area (Å²) in [5.41, 5.74) is 0.739. The minimum Gasteiger partial charge on any atom is -0.387 e. The first-order chi connectivity index (χ1) is 17.4. The van der Waals surface area contributed by atoms with E-state index in [1.165, 1.54) is 30.2 Å². The lowest BCUT2D eigenvalue weighted by Gasteiger charge is -2.26. The standard InChI is InChI=1S/C22H35N9O5/c1-3-24-20(34)17-15(32)16(33)21(36-17)31-12-27-14-18(23-2)28-13(29-19(14)31)11-26-22(35)25-7-10-30-8-5-4-6-9-30/h12,15-17,21,32-33H,3-11H2,1-2H3,(H,24,34)(H,23,28,29)(H2,25,26,35)/t15-,16+,17-,21+/m0/s1. The molecule has 3 amide bonds. The number of rotatable bonds is 9. The van der Waals surface area contributed by atoms with Crippen LogP contribution in [0.4, 0.5) is 10.6 Å². The van der Waals surface area contributed by atoms with Gasteiger partial charge in [0.05, 0.1) is 12.9 Å². The second-order valence-electron chi connectivity index (χ2n) is 8.90. The Morgan fingerprint density at radius 2 is 1.89 bits per heavy atom. The lowest BCUT2D eigenvalue weighted by atomic mass is 10.1. The molecule has 2 aromatic rings. The summed E-state index contributed by atoms with van der Waals surface area (Å²) in [7, 11) is 1.68. The summed E-state index contributed by atoms with van der Waals surface area (Å²) in [4.78, 5) is 40.1. The molecule has 2 aliphatic heterocycles. The van der Waals surface area contributed by atoms with E-state index in [9.17, 15) is 19.8 Å². The Bertz CT molecular complexity index is 1060. The Kier molecular flexibility index (Phi) is 8.51. The number of anilines is 1. The van der Waals surface area contributed by atoms with Gasteiger partial charge in [-0.3, -0.25) is 9.36 Å². The van der Waals surface area contributed by atoms with Crippen molar-refractivity contribution in [1.82, 2.24) is 40.4 Å². The number of imidazole rings is 1. The number of likely N-dealkylation sites (N-methyl/N-ethyl adjacent to an activating group) is 1. The molecule has 4 rings (SSSR count). The summed E-state index contributed by atoms with van der Waals surface area (Å²) in [5.74, 6) is 0.222. The largest absolute Gasteiger partial charge is 0.387 e. The highest BCUT2D eigenvalue weighted by molar-refractivity contribution is 5.84. The molecule has 4 atom stereocenters. The first kappa shape index (κ1) is 26.0. The van der Waals surface area contributed by atoms with Gasteiger partial charge in [0, 0.05) is 26.7 Å². The van der Waals surface area contributed by atoms with Crippen LogP contribution in [-0.2, 0) is 16.1 Å². The lowest BCUT2D eigenvalue weighted by molar-refractivity contribution is -0.137. The van der Waals surface area contributed by atoms with E-state index < -0.39 is 30.4 Å². The Hall–Kier alpha value is -3.07. The molecule has 0 aliphatic carbocycles. The molecule has 2 fully saturated rings. The summed E-state index contributed by atoms with van der Waals surface area (Å²) in [6.07, 6.45) is -0.0431. The van der Waals surface area contributed by atoms with Crippen LogP contribution in [0.25, 0.3) is 11.2 Å². The van der Waals surface area contributed by atoms with Crippen molar-refractivity contribution in [3.8, 4) is 0 Å². The van der Waals surface area contributed by atoms with Crippen LogP contribution < -0.4 is 21.3 Å². The molecule has 4 heterocycles. The normalized spacial score (nSPS) is 24.6. The van der Waals surface area contributed by atoms with E-state index in [2.05, 4.69) is 41.1 Å². The average Bonchev–Trinajstić information content (AvgIpc) is 3.43. The number of ether oxygens (including phenoxy) is 1. The maximum Gasteiger partial charge on any atom is 0.315 e. The van der Waals surface area contributed by atoms with Gasteiger partial charge in [0.2, 0.25) is 0 Å². The number of aliphatic hydroxyl groups excluding tert-OH is 2. The van der Waals surface area contributed by atoms with Crippen molar-refractivity contribution in [3.63, 3.8) is 0 Å². The van der Waals surface area contributed by atoms with Crippen molar-refractivity contribution in [2.45, 2.75) is 57.3 Å². The van der Waals surface area contributed by atoms with E-state index in [1.807, 2.05) is 0 Å². The Labute approximate surface area is 208 Å². The topological polar surface area (TPSA) is 179 Å². The Balaban J connectivity index is 1.43. The molecule has 2 aliphatic rings. The number of piperidine rings is 1. The molecule has 0 unspecified atom stereocenters. The smallest absolute Gasteiger partial charge is 0.315 e. The van der Waals surface area contributed by atoms with Gasteiger partial charge in [-0.15, -0.1) is 0 Å². The monoisotopic (exact) mass is 505 g/mol. The van der Waals surface area contributed by atoms with Crippen LogP contribution >= 0.6 is 0 Å². The van der Waals surface area contributed by atoms with Gasteiger partial charge in [0.25, 0.3) is 5.91 Å². The summed E-state index contributed by atoms with van der Waals surface area (Å²) in [6.45, 7) is 5.66. The number of aromatic nitrogens is 4. The fraction of sp³-hybridized carbons (Fsp3) is 0.682. The van der Waals surface area contributed by atoms with E-state index in [1.54, 1.807) is 14.0 Å². The third-order valence-electron chi connectivity index (χ3n) is 6.40. The SMILES string of the molecule is CCNC(=O)[C@H]1O[C@@H](n2cnc3c(NC)nc(CNC(=O)NCCN4CCCCC4)nc32)[C@H](O)[C@@H]1O. The molecule has 2 aromatic heterocycles. The molecular weight excluding hydrogens is 470 g/mol. The zero-order valence-corrected chi connectivity index (χ0v) is 20.6. The number of likely N-dealkylation sites (tertiary alicyclic amines) is 1. The van der Waals surface area contributed by atoms with Gasteiger partial charge in [-0.2, -0.15) is 0 Å². The van der Waals surface area contributed by atoms with Crippen LogP contribution in [-0.4, -0.2) is 105 Å². The fourth-order valence-electron chi connectivity index (χ4n) is 4.51. The van der Waals surface area contributed by atoms with E-state index in [0.717, 1.165) is 19.6 Å². The minimum atomic E-state index is -1.42. The van der Waals surface area contributed by atoms with Crippen LogP contribution in [0.15, 0.2) is 6.33 Å². The number of nitrogens with one attached hydrogen (secondary N) is 4. The Morgan fingerprint density at radius 1 is 1.11 bits per heavy atom. The number of hydrogen-bond acceptors (Lipinski definition) is 10. The molecular formula is C22H35N9O5. The molecule has 0 aromatic carbocycles. The van der Waals surface area contributed by atoms with Gasteiger partial charge in [0.1, 0.15) is 12.2 Å². The van der Waals surface area contributed by atoms with Crippen molar-refractivity contribution < 1.29 is 24.5 Å². The van der Waals surface area contributed by atoms with Crippen molar-refractivity contribution in [1.29, 1.82) is 0 Å². The van der Waals surface area contributed by atoms with Gasteiger partial charge in [-0.05, 0) is 32.9 Å². The second kappa shape index (κ2) is 11.8. The van der Waals surface area contributed by atoms with Crippen LogP contribution in [0, 0.1) is 0 Å². The number of fused-ring (bicyclic) bond motifs is 1. The predicted molar refractivity (Wildman–Crippen MR) is 130 cm³/mol. The van der Waals surface area contributed by atoms with Gasteiger partial charge >= 0.3 is 6.03 Å². The minimum absolute atomic E-state index is 0.0591. The van der Waals surface area contributed by atoms with Crippen LogP contribution in [0.3, 0.4) is 0 Å². The number of aliphatic hydroxyl groups is 2. The molecule has 198 valence electrons. The van der Waals surface area contributed by atoms with E-state index in [4.69, 9.17) is 4.74 Å². The number of amides is 3. The second-order valence-corrected chi connectivity index (χ2v) is 8.90. The third kappa shape index (κ3) is 5.67. The van der Waals surface area contributed by atoms with Gasteiger partial charge in [-0.1, -0.05) is 6.42 Å². The van der Waals surface area contributed by atoms with E-state index in [0.29, 0.717) is 35.9 Å². The van der Waals surface area contributed by atoms with Crippen LogP contribution in [0.1, 0.15) is 38.2 Å². The van der Waals surface area contributed by atoms with Crippen molar-refractivity contribution in [2.75, 3.05) is 45.1 Å². The number of urea groups is 1. The molecule has 0 radical (unpaired) electrons. The zero-order valence-electron chi connectivity index (χ0n) is 20.6. The molecule has 14 nitrogen and oxygen atoms in total. The van der Waals surface area contributed by atoms with Crippen LogP contribution in [0.2, 0.25) is 0 Å². The van der Waals surface area contributed by atoms with E-state index in [-0.39, 0.29) is 12.6 Å². The molecule has 0 bridgehead atoms. The Morgan fingerprint density at radius 3 is 2.61 bits per heavy atom. The molecule has 6 N–H and O–H groups in total. The predicted octanol–water partition coefficient (Wildman–Crippen LogP) is -1.09. The maximum absolute atomic E-state index is 12.3. The maximum atomic E-state index is 12.3. The first-order valence-electron chi connectivity index (χ1n) is 12.4. The summed E-state index contributed by atoms with van der Waals surface area (Å²) >= 11 is 0. The van der Waals surface area contributed by atoms with E-state index >= 15 is 0 Å². The fourth-order valence-corrected chi connectivity index (χ4v) is 4.51. The molecule has 0 saturated carbocycles. The zero-order chi connectivity index (χ0) is 25.7. The number of carbonyl (C=O) groups excluding carboxylic acids is 2. The quantitative estimate of drug-likeness (QED) is 0.245. The summed E-state index contributed by atoms with van der Waals surface area (Å²) in [6, 6.07) is -0.322. The number of carbonyl (C=O) groups is 2. The first-order valence-corrected chi connectivity index (χ1v) is 12.4. The summed E-state index contributed by atoms with van der Waals surface area (Å²) < 4.78 is 7.16. The van der Waals surface area contributed by atoms with Crippen molar-refractivity contribution in [3.05, 3.63) is 12.2 Å².